The summed E-state index contributed by atoms with van der Waals surface area (Å²) < 4.78 is 50.3. The Hall–Kier alpha value is -0.850. The van der Waals surface area contributed by atoms with Gasteiger partial charge in [-0.15, -0.1) is 0 Å². The molecule has 1 unspecified atom stereocenters. The topological polar surface area (TPSA) is 32.3 Å². The molecule has 1 N–H and O–H groups in total. The van der Waals surface area contributed by atoms with E-state index in [2.05, 4.69) is 5.32 Å². The summed E-state index contributed by atoms with van der Waals surface area (Å²) in [6.07, 6.45) is -2.98. The van der Waals surface area contributed by atoms with E-state index in [4.69, 9.17) is 0 Å². The quantitative estimate of drug-likeness (QED) is 0.756. The number of nitrogens with zero attached hydrogens (tertiary/aromatic N) is 1. The molecular weight excluding hydrogens is 240 g/mol. The number of hydrogen-bond donors (Lipinski definition) is 1. The fourth-order valence-corrected chi connectivity index (χ4v) is 1.88. The van der Waals surface area contributed by atoms with E-state index in [1.54, 1.807) is 6.92 Å². The maximum Gasteiger partial charge on any atom is 0.383 e. The van der Waals surface area contributed by atoms with Crippen LogP contribution >= 0.6 is 0 Å². The average molecular weight is 256 g/mol. The number of nitrogens with one attached hydrogen (secondary N) is 1. The zero-order valence-corrected chi connectivity index (χ0v) is 9.56. The Labute approximate surface area is 97.2 Å². The first-order chi connectivity index (χ1) is 7.91. The van der Waals surface area contributed by atoms with Gasteiger partial charge in [0.1, 0.15) is 0 Å². The van der Waals surface area contributed by atoms with Gasteiger partial charge < -0.3 is 10.2 Å². The first-order valence-electron chi connectivity index (χ1n) is 5.59. The lowest BCUT2D eigenvalue weighted by molar-refractivity contribution is -0.182. The summed E-state index contributed by atoms with van der Waals surface area (Å²) in [5, 5.41) is 2.92. The third-order valence-corrected chi connectivity index (χ3v) is 2.76. The molecule has 0 radical (unpaired) electrons. The van der Waals surface area contributed by atoms with Gasteiger partial charge in [-0.1, -0.05) is 6.92 Å². The highest BCUT2D eigenvalue weighted by Gasteiger charge is 2.52. The van der Waals surface area contributed by atoms with Crippen LogP contribution in [-0.4, -0.2) is 48.8 Å². The van der Waals surface area contributed by atoms with Crippen LogP contribution in [0.15, 0.2) is 0 Å². The molecule has 1 saturated heterocycles. The lowest BCUT2D eigenvalue weighted by atomic mass is 10.1. The molecule has 0 spiro atoms. The van der Waals surface area contributed by atoms with Crippen molar-refractivity contribution in [1.82, 2.24) is 10.2 Å². The molecule has 1 atom stereocenters. The summed E-state index contributed by atoms with van der Waals surface area (Å²) in [6.45, 7) is 2.78. The van der Waals surface area contributed by atoms with Crippen molar-refractivity contribution in [2.45, 2.75) is 38.2 Å². The van der Waals surface area contributed by atoms with Crippen molar-refractivity contribution in [3.63, 3.8) is 0 Å². The Balaban J connectivity index is 2.79. The van der Waals surface area contributed by atoms with Crippen molar-refractivity contribution in [2.75, 3.05) is 19.6 Å². The largest absolute Gasteiger partial charge is 0.383 e. The second-order valence-corrected chi connectivity index (χ2v) is 4.07. The first kappa shape index (κ1) is 14.2. The molecule has 0 bridgehead atoms. The SMILES string of the molecule is CCCN(C(=O)C(F)(F)C(F)F)C1CCNC1. The Morgan fingerprint density at radius 2 is 2.18 bits per heavy atom. The third-order valence-electron chi connectivity index (χ3n) is 2.76. The van der Waals surface area contributed by atoms with Gasteiger partial charge in [0.05, 0.1) is 0 Å². The highest BCUT2D eigenvalue weighted by atomic mass is 19.3. The van der Waals surface area contributed by atoms with E-state index in [0.717, 1.165) is 4.90 Å². The number of halogens is 4. The van der Waals surface area contributed by atoms with Crippen LogP contribution in [0, 0.1) is 0 Å². The standard InChI is InChI=1S/C10H16F4N2O/c1-2-5-16(7-3-4-15-6-7)9(17)10(13,14)8(11)12/h7-8,15H,2-6H2,1H3. The first-order valence-corrected chi connectivity index (χ1v) is 5.59. The highest BCUT2D eigenvalue weighted by Crippen LogP contribution is 2.27. The van der Waals surface area contributed by atoms with Crippen molar-refractivity contribution in [2.24, 2.45) is 0 Å². The highest BCUT2D eigenvalue weighted by molar-refractivity contribution is 5.84. The van der Waals surface area contributed by atoms with E-state index >= 15 is 0 Å². The molecule has 0 aromatic rings. The van der Waals surface area contributed by atoms with Gasteiger partial charge in [0.15, 0.2) is 0 Å². The molecule has 0 saturated carbocycles. The van der Waals surface area contributed by atoms with Crippen LogP contribution in [0.5, 0.6) is 0 Å². The Morgan fingerprint density at radius 1 is 1.53 bits per heavy atom. The Morgan fingerprint density at radius 3 is 2.59 bits per heavy atom. The molecule has 1 heterocycles. The number of rotatable bonds is 5. The van der Waals surface area contributed by atoms with Gasteiger partial charge >= 0.3 is 12.3 Å². The van der Waals surface area contributed by atoms with Crippen molar-refractivity contribution >= 4 is 5.91 Å². The molecular formula is C10H16F4N2O. The van der Waals surface area contributed by atoms with Crippen molar-refractivity contribution in [3.8, 4) is 0 Å². The molecule has 0 aliphatic carbocycles. The van der Waals surface area contributed by atoms with Crippen LogP contribution in [0.1, 0.15) is 19.8 Å². The molecule has 1 aliphatic rings. The minimum absolute atomic E-state index is 0.0769. The summed E-state index contributed by atoms with van der Waals surface area (Å²) in [5.74, 6) is -6.35. The van der Waals surface area contributed by atoms with Crippen molar-refractivity contribution in [3.05, 3.63) is 0 Å². The molecule has 100 valence electrons. The molecule has 7 heteroatoms. The Bertz CT molecular complexity index is 267. The maximum atomic E-state index is 13.0. The minimum atomic E-state index is -4.59. The fourth-order valence-electron chi connectivity index (χ4n) is 1.88. The summed E-state index contributed by atoms with van der Waals surface area (Å²) in [4.78, 5) is 12.3. The van der Waals surface area contributed by atoms with Crippen LogP contribution in [0.4, 0.5) is 17.6 Å². The summed E-state index contributed by atoms with van der Waals surface area (Å²) >= 11 is 0. The number of hydrogen-bond acceptors (Lipinski definition) is 2. The Kier molecular flexibility index (Phi) is 4.73. The summed E-state index contributed by atoms with van der Waals surface area (Å²) in [7, 11) is 0. The normalized spacial score (nSPS) is 20.9. The minimum Gasteiger partial charge on any atom is -0.333 e. The van der Waals surface area contributed by atoms with Crippen LogP contribution < -0.4 is 5.32 Å². The molecule has 1 rings (SSSR count). The van der Waals surface area contributed by atoms with E-state index in [1.807, 2.05) is 0 Å². The monoisotopic (exact) mass is 256 g/mol. The van der Waals surface area contributed by atoms with Gasteiger partial charge in [0.2, 0.25) is 0 Å². The van der Waals surface area contributed by atoms with Crippen molar-refractivity contribution in [1.29, 1.82) is 0 Å². The van der Waals surface area contributed by atoms with E-state index in [1.165, 1.54) is 0 Å². The predicted molar refractivity (Wildman–Crippen MR) is 54.2 cm³/mol. The maximum absolute atomic E-state index is 13.0. The fraction of sp³-hybridized carbons (Fsp3) is 0.900. The second kappa shape index (κ2) is 5.66. The molecule has 1 fully saturated rings. The average Bonchev–Trinajstić information content (AvgIpc) is 2.77. The molecule has 1 amide bonds. The van der Waals surface area contributed by atoms with E-state index in [-0.39, 0.29) is 6.54 Å². The lowest BCUT2D eigenvalue weighted by Gasteiger charge is -2.31. The number of amides is 1. The summed E-state index contributed by atoms with van der Waals surface area (Å²) in [6, 6.07) is -0.410. The number of carbonyl (C=O) groups excluding carboxylic acids is 1. The van der Waals surface area contributed by atoms with E-state index in [9.17, 15) is 22.4 Å². The van der Waals surface area contributed by atoms with Gasteiger partial charge in [-0.3, -0.25) is 4.79 Å². The molecule has 17 heavy (non-hydrogen) atoms. The predicted octanol–water partition coefficient (Wildman–Crippen LogP) is 1.49. The van der Waals surface area contributed by atoms with Crippen LogP contribution in [0.25, 0.3) is 0 Å². The molecule has 3 nitrogen and oxygen atoms in total. The third kappa shape index (κ3) is 3.08. The van der Waals surface area contributed by atoms with Gasteiger partial charge in [-0.2, -0.15) is 8.78 Å². The van der Waals surface area contributed by atoms with E-state index in [0.29, 0.717) is 25.9 Å². The lowest BCUT2D eigenvalue weighted by Crippen LogP contribution is -2.52. The van der Waals surface area contributed by atoms with Gasteiger partial charge in [-0.25, -0.2) is 8.78 Å². The second-order valence-electron chi connectivity index (χ2n) is 4.07. The summed E-state index contributed by atoms with van der Waals surface area (Å²) in [5.41, 5.74) is 0. The molecule has 1 aliphatic heterocycles. The molecule has 0 aromatic heterocycles. The van der Waals surface area contributed by atoms with Crippen LogP contribution in [0.2, 0.25) is 0 Å². The zero-order valence-electron chi connectivity index (χ0n) is 9.56. The van der Waals surface area contributed by atoms with Crippen LogP contribution in [-0.2, 0) is 4.79 Å². The zero-order chi connectivity index (χ0) is 13.1. The number of carbonyl (C=O) groups is 1. The van der Waals surface area contributed by atoms with Crippen LogP contribution in [0.3, 0.4) is 0 Å². The smallest absolute Gasteiger partial charge is 0.333 e. The van der Waals surface area contributed by atoms with Gasteiger partial charge in [-0.05, 0) is 19.4 Å². The van der Waals surface area contributed by atoms with Gasteiger partial charge in [0, 0.05) is 19.1 Å². The van der Waals surface area contributed by atoms with Gasteiger partial charge in [0.25, 0.3) is 5.91 Å². The van der Waals surface area contributed by atoms with Crippen molar-refractivity contribution < 1.29 is 22.4 Å². The molecule has 0 aromatic carbocycles. The number of alkyl halides is 4. The van der Waals surface area contributed by atoms with E-state index < -0.39 is 24.3 Å².